The molecule has 0 amide bonds. The van der Waals surface area contributed by atoms with Crippen LogP contribution in [0.1, 0.15) is 5.69 Å². The Morgan fingerprint density at radius 3 is 2.45 bits per heavy atom. The fourth-order valence-corrected chi connectivity index (χ4v) is 2.52. The van der Waals surface area contributed by atoms with Gasteiger partial charge in [-0.25, -0.2) is 9.37 Å². The molecule has 12 heteroatoms. The van der Waals surface area contributed by atoms with Gasteiger partial charge in [-0.1, -0.05) is 23.7 Å². The van der Waals surface area contributed by atoms with Crippen molar-refractivity contribution in [1.29, 1.82) is 0 Å². The van der Waals surface area contributed by atoms with Crippen LogP contribution in [-0.4, -0.2) is 14.5 Å². The molecule has 0 unspecified atom stereocenters. The second kappa shape index (κ2) is 7.51. The van der Waals surface area contributed by atoms with E-state index in [1.54, 1.807) is 0 Å². The summed E-state index contributed by atoms with van der Waals surface area (Å²) in [6.07, 6.45) is -4.34. The minimum atomic E-state index is -4.85. The van der Waals surface area contributed by atoms with E-state index in [0.29, 0.717) is 10.9 Å². The summed E-state index contributed by atoms with van der Waals surface area (Å²) in [5, 5.41) is 10.8. The van der Waals surface area contributed by atoms with Crippen molar-refractivity contribution in [2.24, 2.45) is 0 Å². The standard InChI is InChI=1S/C17H8ClF4N3O4/c18-9-5-10(19)12(24-8-23-15(7-16(24)26)17(20,21)22)6-14(9)29-13-4-2-1-3-11(13)25(27)28/h1-8H. The van der Waals surface area contributed by atoms with Gasteiger partial charge in [0.15, 0.2) is 5.69 Å². The van der Waals surface area contributed by atoms with Crippen molar-refractivity contribution in [3.63, 3.8) is 0 Å². The van der Waals surface area contributed by atoms with Crippen LogP contribution in [-0.2, 0) is 6.18 Å². The molecule has 0 radical (unpaired) electrons. The molecular weight excluding hydrogens is 422 g/mol. The first-order valence-electron chi connectivity index (χ1n) is 7.64. The van der Waals surface area contributed by atoms with Crippen LogP contribution < -0.4 is 10.3 Å². The molecule has 2 aromatic carbocycles. The fraction of sp³-hybridized carbons (Fsp3) is 0.0588. The number of nitro benzene ring substituents is 1. The van der Waals surface area contributed by atoms with E-state index in [9.17, 15) is 32.5 Å². The lowest BCUT2D eigenvalue weighted by atomic mass is 10.2. The van der Waals surface area contributed by atoms with Crippen molar-refractivity contribution in [2.75, 3.05) is 0 Å². The smallest absolute Gasteiger partial charge is 0.433 e. The van der Waals surface area contributed by atoms with E-state index >= 15 is 0 Å². The number of alkyl halides is 3. The Kier molecular flexibility index (Phi) is 5.25. The summed E-state index contributed by atoms with van der Waals surface area (Å²) in [7, 11) is 0. The normalized spacial score (nSPS) is 11.3. The molecule has 0 bridgehead atoms. The molecule has 3 rings (SSSR count). The quantitative estimate of drug-likeness (QED) is 0.339. The van der Waals surface area contributed by atoms with Gasteiger partial charge >= 0.3 is 11.9 Å². The molecule has 0 saturated carbocycles. The molecule has 0 aliphatic carbocycles. The molecule has 0 aliphatic rings. The first-order chi connectivity index (χ1) is 13.6. The molecule has 7 nitrogen and oxygen atoms in total. The number of hydrogen-bond acceptors (Lipinski definition) is 5. The number of aromatic nitrogens is 2. The van der Waals surface area contributed by atoms with Crippen molar-refractivity contribution in [3.05, 3.63) is 85.8 Å². The predicted molar refractivity (Wildman–Crippen MR) is 93.0 cm³/mol. The molecule has 0 aliphatic heterocycles. The summed E-state index contributed by atoms with van der Waals surface area (Å²) in [5.41, 5.74) is -3.55. The highest BCUT2D eigenvalue weighted by molar-refractivity contribution is 6.32. The van der Waals surface area contributed by atoms with E-state index in [4.69, 9.17) is 16.3 Å². The Morgan fingerprint density at radius 1 is 1.14 bits per heavy atom. The number of nitrogens with zero attached hydrogens (tertiary/aromatic N) is 3. The average Bonchev–Trinajstić information content (AvgIpc) is 2.63. The van der Waals surface area contributed by atoms with Crippen molar-refractivity contribution >= 4 is 17.3 Å². The van der Waals surface area contributed by atoms with Gasteiger partial charge in [0.2, 0.25) is 5.75 Å². The summed E-state index contributed by atoms with van der Waals surface area (Å²) >= 11 is 5.91. The topological polar surface area (TPSA) is 87.3 Å². The Bertz CT molecular complexity index is 1160. The maximum atomic E-state index is 14.3. The van der Waals surface area contributed by atoms with Crippen LogP contribution in [0.5, 0.6) is 11.5 Å². The van der Waals surface area contributed by atoms with Gasteiger partial charge < -0.3 is 4.74 Å². The number of nitro groups is 1. The van der Waals surface area contributed by atoms with Gasteiger partial charge in [0.05, 0.1) is 15.6 Å². The van der Waals surface area contributed by atoms with Crippen molar-refractivity contribution in [2.45, 2.75) is 6.18 Å². The van der Waals surface area contributed by atoms with Crippen molar-refractivity contribution in [3.8, 4) is 17.2 Å². The number of hydrogen-bond donors (Lipinski definition) is 0. The number of para-hydroxylation sites is 2. The van der Waals surface area contributed by atoms with Crippen LogP contribution in [0.3, 0.4) is 0 Å². The maximum Gasteiger partial charge on any atom is 0.433 e. The number of rotatable bonds is 4. The highest BCUT2D eigenvalue weighted by atomic mass is 35.5. The van der Waals surface area contributed by atoms with Crippen molar-refractivity contribution < 1.29 is 27.2 Å². The Morgan fingerprint density at radius 2 is 1.83 bits per heavy atom. The lowest BCUT2D eigenvalue weighted by molar-refractivity contribution is -0.385. The van der Waals surface area contributed by atoms with Gasteiger partial charge in [0.25, 0.3) is 5.56 Å². The molecular formula is C17H8ClF4N3O4. The lowest BCUT2D eigenvalue weighted by Gasteiger charge is -2.13. The largest absolute Gasteiger partial charge is 0.448 e. The summed E-state index contributed by atoms with van der Waals surface area (Å²) < 4.78 is 58.2. The Labute approximate surface area is 163 Å². The van der Waals surface area contributed by atoms with Crippen LogP contribution in [0.4, 0.5) is 23.2 Å². The third kappa shape index (κ3) is 4.19. The third-order valence-corrected chi connectivity index (χ3v) is 3.94. The van der Waals surface area contributed by atoms with E-state index in [1.807, 2.05) is 0 Å². The van der Waals surface area contributed by atoms with Gasteiger partial charge in [0, 0.05) is 18.2 Å². The second-order valence-electron chi connectivity index (χ2n) is 5.54. The molecule has 0 fully saturated rings. The van der Waals surface area contributed by atoms with Crippen LogP contribution >= 0.6 is 11.6 Å². The average molecular weight is 430 g/mol. The zero-order valence-electron chi connectivity index (χ0n) is 14.0. The fourth-order valence-electron chi connectivity index (χ4n) is 2.33. The predicted octanol–water partition coefficient (Wildman–Crippen LogP) is 4.74. The van der Waals surface area contributed by atoms with Crippen LogP contribution in [0, 0.1) is 15.9 Å². The molecule has 0 N–H and O–H groups in total. The zero-order valence-corrected chi connectivity index (χ0v) is 14.7. The van der Waals surface area contributed by atoms with Gasteiger partial charge in [-0.2, -0.15) is 13.2 Å². The van der Waals surface area contributed by atoms with Crippen LogP contribution in [0.2, 0.25) is 5.02 Å². The summed E-state index contributed by atoms with van der Waals surface area (Å²) in [6.45, 7) is 0. The minimum Gasteiger partial charge on any atom is -0.448 e. The maximum absolute atomic E-state index is 14.3. The molecule has 1 aromatic heterocycles. The van der Waals surface area contributed by atoms with E-state index in [2.05, 4.69) is 4.98 Å². The van der Waals surface area contributed by atoms with E-state index < -0.39 is 39.5 Å². The van der Waals surface area contributed by atoms with E-state index in [1.165, 1.54) is 18.2 Å². The Balaban J connectivity index is 2.08. The van der Waals surface area contributed by atoms with E-state index in [0.717, 1.165) is 18.2 Å². The minimum absolute atomic E-state index is 0.205. The second-order valence-corrected chi connectivity index (χ2v) is 5.95. The van der Waals surface area contributed by atoms with Crippen LogP contribution in [0.25, 0.3) is 5.69 Å². The molecule has 1 heterocycles. The summed E-state index contributed by atoms with van der Waals surface area (Å²) in [4.78, 5) is 25.5. The number of benzene rings is 2. The Hall–Kier alpha value is -3.47. The van der Waals surface area contributed by atoms with E-state index in [-0.39, 0.29) is 22.6 Å². The van der Waals surface area contributed by atoms with Crippen LogP contribution in [0.15, 0.2) is 53.6 Å². The summed E-state index contributed by atoms with van der Waals surface area (Å²) in [5.74, 6) is -1.52. The van der Waals surface area contributed by atoms with Gasteiger partial charge in [-0.3, -0.25) is 19.5 Å². The SMILES string of the molecule is O=c1cc(C(F)(F)F)ncn1-c1cc(Oc2ccccc2[N+](=O)[O-])c(Cl)cc1F. The molecule has 0 saturated heterocycles. The van der Waals surface area contributed by atoms with Gasteiger partial charge in [-0.15, -0.1) is 0 Å². The summed E-state index contributed by atoms with van der Waals surface area (Å²) in [6, 6.07) is 7.16. The van der Waals surface area contributed by atoms with Gasteiger partial charge in [0.1, 0.15) is 17.9 Å². The third-order valence-electron chi connectivity index (χ3n) is 3.64. The zero-order chi connectivity index (χ0) is 21.3. The molecule has 150 valence electrons. The first-order valence-corrected chi connectivity index (χ1v) is 8.02. The first kappa shape index (κ1) is 20.3. The van der Waals surface area contributed by atoms with Crippen molar-refractivity contribution in [1.82, 2.24) is 9.55 Å². The monoisotopic (exact) mass is 429 g/mol. The molecule has 29 heavy (non-hydrogen) atoms. The lowest BCUT2D eigenvalue weighted by Crippen LogP contribution is -2.22. The highest BCUT2D eigenvalue weighted by Crippen LogP contribution is 2.36. The number of halogens is 5. The molecule has 3 aromatic rings. The molecule has 0 atom stereocenters. The van der Waals surface area contributed by atoms with Gasteiger partial charge in [-0.05, 0) is 12.1 Å². The number of ether oxygens (including phenoxy) is 1. The highest BCUT2D eigenvalue weighted by Gasteiger charge is 2.33. The molecule has 0 spiro atoms.